The van der Waals surface area contributed by atoms with Crippen molar-refractivity contribution in [2.24, 2.45) is 0 Å². The van der Waals surface area contributed by atoms with Crippen molar-refractivity contribution in [2.75, 3.05) is 12.3 Å². The second-order valence-electron chi connectivity index (χ2n) is 7.22. The van der Waals surface area contributed by atoms with E-state index in [4.69, 9.17) is 27.1 Å². The summed E-state index contributed by atoms with van der Waals surface area (Å²) < 4.78 is 21.6. The highest BCUT2D eigenvalue weighted by atomic mass is 35.5. The van der Waals surface area contributed by atoms with Crippen LogP contribution in [0.2, 0.25) is 5.02 Å². The molecule has 0 saturated carbocycles. The molecule has 0 spiro atoms. The van der Waals surface area contributed by atoms with Gasteiger partial charge in [-0.1, -0.05) is 11.6 Å². The first-order valence-corrected chi connectivity index (χ1v) is 10.2. The number of nitrogens with two attached hydrogens (primary N) is 1. The summed E-state index contributed by atoms with van der Waals surface area (Å²) in [5.41, 5.74) is 8.85. The molecule has 3 aromatic heterocycles. The van der Waals surface area contributed by atoms with Gasteiger partial charge in [-0.15, -0.1) is 0 Å². The Morgan fingerprint density at radius 1 is 1.10 bits per heavy atom. The number of imidazole rings is 1. The van der Waals surface area contributed by atoms with Crippen LogP contribution in [0, 0.1) is 5.82 Å². The molecule has 31 heavy (non-hydrogen) atoms. The zero-order chi connectivity index (χ0) is 21.4. The number of hydrogen-bond acceptors (Lipinski definition) is 6. The van der Waals surface area contributed by atoms with Gasteiger partial charge in [-0.05, 0) is 42.8 Å². The summed E-state index contributed by atoms with van der Waals surface area (Å²) in [5.74, 6) is 1.30. The summed E-state index contributed by atoms with van der Waals surface area (Å²) in [6.07, 6.45) is 4.82. The summed E-state index contributed by atoms with van der Waals surface area (Å²) in [7, 11) is 0. The van der Waals surface area contributed by atoms with Crippen LogP contribution in [-0.2, 0) is 6.42 Å². The van der Waals surface area contributed by atoms with Gasteiger partial charge >= 0.3 is 0 Å². The minimum absolute atomic E-state index is 0.0281. The van der Waals surface area contributed by atoms with Gasteiger partial charge in [0.1, 0.15) is 18.2 Å². The quantitative estimate of drug-likeness (QED) is 0.500. The van der Waals surface area contributed by atoms with E-state index in [-0.39, 0.29) is 17.8 Å². The highest BCUT2D eigenvalue weighted by Crippen LogP contribution is 2.39. The van der Waals surface area contributed by atoms with Crippen LogP contribution >= 0.6 is 11.6 Å². The largest absolute Gasteiger partial charge is 0.475 e. The lowest BCUT2D eigenvalue weighted by atomic mass is 10.1. The lowest BCUT2D eigenvalue weighted by molar-refractivity contribution is 0.247. The Hall–Kier alpha value is -3.52. The van der Waals surface area contributed by atoms with Crippen LogP contribution in [0.4, 0.5) is 10.3 Å². The number of aromatic nitrogens is 5. The molecule has 1 atom stereocenters. The lowest BCUT2D eigenvalue weighted by Gasteiger charge is -2.17. The fraction of sp³-hybridized carbons (Fsp3) is 0.182. The van der Waals surface area contributed by atoms with E-state index in [0.717, 1.165) is 35.6 Å². The highest BCUT2D eigenvalue weighted by Gasteiger charge is 2.31. The van der Waals surface area contributed by atoms with Crippen molar-refractivity contribution in [3.05, 3.63) is 71.5 Å². The molecule has 0 saturated heterocycles. The number of pyridine rings is 1. The smallest absolute Gasteiger partial charge is 0.220 e. The standard InChI is InChI=1S/C22H18ClFN6O/c23-14-3-8-19(27-11-14)31-12-16-6-7-18-29-20(13-1-4-15(24)5-2-13)21(30(16)18)17-9-10-26-22(25)28-17/h1-5,8-11,16H,6-7,12H2,(H2,25,26,28)/t16-/m0/s1. The molecule has 0 radical (unpaired) electrons. The van der Waals surface area contributed by atoms with Crippen LogP contribution in [0.25, 0.3) is 22.6 Å². The Morgan fingerprint density at radius 2 is 1.94 bits per heavy atom. The SMILES string of the molecule is Nc1nccc(-c2c(-c3ccc(F)cc3)nc3n2[C@H](COc2ccc(Cl)cn2)CC3)n1. The van der Waals surface area contributed by atoms with E-state index in [2.05, 4.69) is 19.5 Å². The zero-order valence-corrected chi connectivity index (χ0v) is 17.1. The van der Waals surface area contributed by atoms with Crippen LogP contribution in [0.1, 0.15) is 18.3 Å². The molecule has 156 valence electrons. The third-order valence-corrected chi connectivity index (χ3v) is 5.43. The van der Waals surface area contributed by atoms with Crippen LogP contribution in [0.3, 0.4) is 0 Å². The number of halogens is 2. The molecule has 4 heterocycles. The van der Waals surface area contributed by atoms with Gasteiger partial charge in [0.15, 0.2) is 0 Å². The molecule has 1 aliphatic rings. The van der Waals surface area contributed by atoms with Gasteiger partial charge < -0.3 is 15.0 Å². The zero-order valence-electron chi connectivity index (χ0n) is 16.4. The van der Waals surface area contributed by atoms with Crippen LogP contribution in [0.5, 0.6) is 5.88 Å². The van der Waals surface area contributed by atoms with Gasteiger partial charge in [0, 0.05) is 30.4 Å². The van der Waals surface area contributed by atoms with Crippen molar-refractivity contribution >= 4 is 17.5 Å². The molecule has 0 amide bonds. The Bertz CT molecular complexity index is 1230. The second kappa shape index (κ2) is 7.96. The van der Waals surface area contributed by atoms with Crippen molar-refractivity contribution < 1.29 is 9.13 Å². The molecule has 0 aliphatic carbocycles. The maximum absolute atomic E-state index is 13.5. The fourth-order valence-corrected chi connectivity index (χ4v) is 3.93. The number of fused-ring (bicyclic) bond motifs is 1. The number of nitrogens with zero attached hydrogens (tertiary/aromatic N) is 5. The normalized spacial score (nSPS) is 15.1. The Balaban J connectivity index is 1.55. The maximum Gasteiger partial charge on any atom is 0.220 e. The Labute approximate surface area is 182 Å². The van der Waals surface area contributed by atoms with E-state index < -0.39 is 0 Å². The van der Waals surface area contributed by atoms with Crippen molar-refractivity contribution in [3.8, 4) is 28.5 Å². The number of nitrogen functional groups attached to an aromatic ring is 1. The second-order valence-corrected chi connectivity index (χ2v) is 7.66. The molecule has 7 nitrogen and oxygen atoms in total. The van der Waals surface area contributed by atoms with E-state index in [1.807, 2.05) is 0 Å². The Morgan fingerprint density at radius 3 is 2.68 bits per heavy atom. The number of anilines is 1. The van der Waals surface area contributed by atoms with E-state index >= 15 is 0 Å². The fourth-order valence-electron chi connectivity index (χ4n) is 3.82. The summed E-state index contributed by atoms with van der Waals surface area (Å²) in [6, 6.07) is 11.6. The third kappa shape index (κ3) is 3.82. The van der Waals surface area contributed by atoms with E-state index in [1.165, 1.54) is 12.1 Å². The highest BCUT2D eigenvalue weighted by molar-refractivity contribution is 6.30. The first-order chi connectivity index (χ1) is 15.1. The van der Waals surface area contributed by atoms with Gasteiger partial charge in [0.2, 0.25) is 11.8 Å². The Kier molecular flexibility index (Phi) is 4.99. The monoisotopic (exact) mass is 436 g/mol. The van der Waals surface area contributed by atoms with Crippen molar-refractivity contribution in [1.29, 1.82) is 0 Å². The summed E-state index contributed by atoms with van der Waals surface area (Å²) >= 11 is 5.90. The molecule has 9 heteroatoms. The number of ether oxygens (including phenoxy) is 1. The average Bonchev–Trinajstić information content (AvgIpc) is 3.33. The molecule has 0 fully saturated rings. The third-order valence-electron chi connectivity index (χ3n) is 5.21. The molecule has 1 aliphatic heterocycles. The lowest BCUT2D eigenvalue weighted by Crippen LogP contribution is -2.15. The molecule has 4 aromatic rings. The predicted molar refractivity (Wildman–Crippen MR) is 115 cm³/mol. The topological polar surface area (TPSA) is 91.7 Å². The van der Waals surface area contributed by atoms with Crippen LogP contribution < -0.4 is 10.5 Å². The molecular formula is C22H18ClFN6O. The summed E-state index contributed by atoms with van der Waals surface area (Å²) in [6.45, 7) is 0.411. The van der Waals surface area contributed by atoms with Crippen molar-refractivity contribution in [1.82, 2.24) is 24.5 Å². The average molecular weight is 437 g/mol. The molecule has 2 N–H and O–H groups in total. The summed E-state index contributed by atoms with van der Waals surface area (Å²) in [5, 5.41) is 0.553. The van der Waals surface area contributed by atoms with Gasteiger partial charge in [0.05, 0.1) is 28.1 Å². The van der Waals surface area contributed by atoms with Gasteiger partial charge in [-0.2, -0.15) is 0 Å². The van der Waals surface area contributed by atoms with Crippen molar-refractivity contribution in [3.63, 3.8) is 0 Å². The molecule has 1 aromatic carbocycles. The minimum atomic E-state index is -0.301. The maximum atomic E-state index is 13.5. The van der Waals surface area contributed by atoms with Gasteiger partial charge in [-0.25, -0.2) is 24.3 Å². The van der Waals surface area contributed by atoms with E-state index in [0.29, 0.717) is 23.2 Å². The first kappa shape index (κ1) is 19.4. The summed E-state index contributed by atoms with van der Waals surface area (Å²) in [4.78, 5) is 17.5. The number of benzene rings is 1. The van der Waals surface area contributed by atoms with E-state index in [1.54, 1.807) is 42.7 Å². The van der Waals surface area contributed by atoms with E-state index in [9.17, 15) is 4.39 Å². The molecule has 5 rings (SSSR count). The molecule has 0 unspecified atom stereocenters. The number of hydrogen-bond donors (Lipinski definition) is 1. The number of rotatable bonds is 5. The van der Waals surface area contributed by atoms with Gasteiger partial charge in [-0.3, -0.25) is 0 Å². The minimum Gasteiger partial charge on any atom is -0.475 e. The van der Waals surface area contributed by atoms with Crippen molar-refractivity contribution in [2.45, 2.75) is 18.9 Å². The van der Waals surface area contributed by atoms with Crippen LogP contribution in [0.15, 0.2) is 54.9 Å². The van der Waals surface area contributed by atoms with Gasteiger partial charge in [0.25, 0.3) is 0 Å². The molecule has 0 bridgehead atoms. The molecular weight excluding hydrogens is 419 g/mol. The predicted octanol–water partition coefficient (Wildman–Crippen LogP) is 4.34. The van der Waals surface area contributed by atoms with Crippen LogP contribution in [-0.4, -0.2) is 31.1 Å². The number of aryl methyl sites for hydroxylation is 1. The first-order valence-electron chi connectivity index (χ1n) is 9.79.